The summed E-state index contributed by atoms with van der Waals surface area (Å²) in [6, 6.07) is 8.84. The number of thiazole rings is 1. The van der Waals surface area contributed by atoms with E-state index in [9.17, 15) is 19.2 Å². The largest absolute Gasteiger partial charge is 0.455 e. The zero-order valence-electron chi connectivity index (χ0n) is 28.9. The zero-order chi connectivity index (χ0) is 34.2. The number of carbonyl (C=O) groups excluding carboxylic acids is 4. The number of likely N-dealkylation sites (N-methyl/N-ethyl adjacent to an activating group) is 1. The van der Waals surface area contributed by atoms with Crippen molar-refractivity contribution in [3.8, 4) is 0 Å². The minimum Gasteiger partial charge on any atom is -0.455 e. The lowest BCUT2D eigenvalue weighted by Gasteiger charge is -2.37. The number of nitrogens with zero attached hydrogens (tertiary/aromatic N) is 2. The Hall–Kier alpha value is -3.31. The van der Waals surface area contributed by atoms with Crippen molar-refractivity contribution < 1.29 is 23.9 Å². The number of hydrogen-bond donors (Lipinski definition) is 3. The molecule has 1 aromatic heterocycles. The molecule has 0 fully saturated rings. The van der Waals surface area contributed by atoms with E-state index in [2.05, 4.69) is 20.9 Å². The summed E-state index contributed by atoms with van der Waals surface area (Å²) in [5.74, 6) is -1.13. The van der Waals surface area contributed by atoms with Gasteiger partial charge in [0.1, 0.15) is 16.7 Å². The Morgan fingerprint density at radius 3 is 2.30 bits per heavy atom. The number of unbranched alkanes of at least 4 members (excludes halogenated alkanes) is 2. The number of esters is 1. The minimum absolute atomic E-state index is 0.00837. The highest BCUT2D eigenvalue weighted by atomic mass is 32.1. The molecule has 1 heterocycles. The second kappa shape index (κ2) is 20.0. The van der Waals surface area contributed by atoms with Crippen LogP contribution < -0.4 is 16.0 Å². The highest BCUT2D eigenvalue weighted by Gasteiger charge is 2.35. The molecule has 0 aliphatic carbocycles. The van der Waals surface area contributed by atoms with Crippen LogP contribution in [0.3, 0.4) is 0 Å². The van der Waals surface area contributed by atoms with E-state index < -0.39 is 18.1 Å². The van der Waals surface area contributed by atoms with E-state index in [-0.39, 0.29) is 47.3 Å². The maximum Gasteiger partial charge on any atom is 0.303 e. The Morgan fingerprint density at radius 1 is 1.00 bits per heavy atom. The fraction of sp³-hybridized carbons (Fsp3) is 0.629. The molecule has 2 rings (SSSR count). The van der Waals surface area contributed by atoms with Crippen LogP contribution in [-0.2, 0) is 25.5 Å². The van der Waals surface area contributed by atoms with Crippen molar-refractivity contribution in [2.75, 3.05) is 20.6 Å². The van der Waals surface area contributed by atoms with E-state index in [4.69, 9.17) is 4.74 Å². The summed E-state index contributed by atoms with van der Waals surface area (Å²) >= 11 is 1.25. The maximum absolute atomic E-state index is 13.9. The van der Waals surface area contributed by atoms with E-state index >= 15 is 0 Å². The number of amides is 3. The molecular formula is C35H55N5O5S. The first-order valence-electron chi connectivity index (χ1n) is 16.6. The number of aromatic nitrogens is 1. The van der Waals surface area contributed by atoms with E-state index in [0.29, 0.717) is 24.3 Å². The van der Waals surface area contributed by atoms with Crippen LogP contribution in [0.4, 0.5) is 0 Å². The van der Waals surface area contributed by atoms with Gasteiger partial charge in [0.2, 0.25) is 11.8 Å². The highest BCUT2D eigenvalue weighted by Crippen LogP contribution is 2.31. The van der Waals surface area contributed by atoms with Crippen molar-refractivity contribution in [2.45, 2.75) is 111 Å². The van der Waals surface area contributed by atoms with Gasteiger partial charge in [-0.25, -0.2) is 4.98 Å². The molecule has 0 saturated carbocycles. The number of rotatable bonds is 20. The Morgan fingerprint density at radius 2 is 1.70 bits per heavy atom. The molecule has 0 bridgehead atoms. The molecule has 0 spiro atoms. The van der Waals surface area contributed by atoms with Crippen LogP contribution in [0.5, 0.6) is 0 Å². The van der Waals surface area contributed by atoms with Gasteiger partial charge >= 0.3 is 5.97 Å². The summed E-state index contributed by atoms with van der Waals surface area (Å²) in [4.78, 5) is 58.2. The normalized spacial score (nSPS) is 14.5. The lowest BCUT2D eigenvalue weighted by atomic mass is 9.93. The predicted molar refractivity (Wildman–Crippen MR) is 183 cm³/mol. The number of nitrogens with one attached hydrogen (secondary N) is 3. The van der Waals surface area contributed by atoms with Crippen molar-refractivity contribution in [3.63, 3.8) is 0 Å². The molecule has 256 valence electrons. The molecule has 46 heavy (non-hydrogen) atoms. The molecule has 0 aliphatic heterocycles. The Bertz CT molecular complexity index is 1240. The molecule has 0 saturated heterocycles. The third-order valence-corrected chi connectivity index (χ3v) is 9.23. The first-order valence-corrected chi connectivity index (χ1v) is 17.4. The van der Waals surface area contributed by atoms with Crippen molar-refractivity contribution in [3.05, 3.63) is 52.0 Å². The van der Waals surface area contributed by atoms with Crippen LogP contribution in [-0.4, -0.2) is 72.3 Å². The van der Waals surface area contributed by atoms with Gasteiger partial charge in [-0.15, -0.1) is 11.3 Å². The Labute approximate surface area is 279 Å². The van der Waals surface area contributed by atoms with E-state index in [1.165, 1.54) is 18.3 Å². The van der Waals surface area contributed by atoms with Crippen molar-refractivity contribution in [1.82, 2.24) is 25.8 Å². The summed E-state index contributed by atoms with van der Waals surface area (Å²) in [5, 5.41) is 11.3. The molecule has 10 nitrogen and oxygen atoms in total. The van der Waals surface area contributed by atoms with Gasteiger partial charge in [-0.3, -0.25) is 19.2 Å². The van der Waals surface area contributed by atoms with Gasteiger partial charge in [-0.05, 0) is 57.2 Å². The van der Waals surface area contributed by atoms with Gasteiger partial charge in [0.15, 0.2) is 6.10 Å². The number of ether oxygens (including phenoxy) is 1. The minimum atomic E-state index is -0.748. The summed E-state index contributed by atoms with van der Waals surface area (Å²) < 4.78 is 5.73. The second-order valence-electron chi connectivity index (χ2n) is 12.6. The zero-order valence-corrected chi connectivity index (χ0v) is 29.7. The van der Waals surface area contributed by atoms with Crippen LogP contribution >= 0.6 is 11.3 Å². The molecule has 0 radical (unpaired) electrons. The predicted octanol–water partition coefficient (Wildman–Crippen LogP) is 5.29. The molecule has 11 heteroatoms. The monoisotopic (exact) mass is 657 g/mol. The third kappa shape index (κ3) is 12.8. The van der Waals surface area contributed by atoms with Crippen LogP contribution in [0.1, 0.15) is 107 Å². The lowest BCUT2D eigenvalue weighted by molar-refractivity contribution is -0.149. The fourth-order valence-corrected chi connectivity index (χ4v) is 6.27. The molecule has 0 unspecified atom stereocenters. The number of benzene rings is 1. The maximum atomic E-state index is 13.9. The third-order valence-electron chi connectivity index (χ3n) is 8.30. The molecule has 5 atom stereocenters. The smallest absolute Gasteiger partial charge is 0.303 e. The topological polar surface area (TPSA) is 130 Å². The average Bonchev–Trinajstić information content (AvgIpc) is 3.51. The van der Waals surface area contributed by atoms with Gasteiger partial charge in [0, 0.05) is 44.3 Å². The quantitative estimate of drug-likeness (QED) is 0.130. The van der Waals surface area contributed by atoms with Gasteiger partial charge in [-0.1, -0.05) is 70.9 Å². The first-order chi connectivity index (χ1) is 21.9. The van der Waals surface area contributed by atoms with Crippen LogP contribution in [0.25, 0.3) is 0 Å². The molecule has 1 aromatic carbocycles. The summed E-state index contributed by atoms with van der Waals surface area (Å²) in [7, 11) is 3.65. The van der Waals surface area contributed by atoms with Gasteiger partial charge in [0.25, 0.3) is 5.91 Å². The SMILES string of the molecule is CC[C@H](C)[C@H](NC(=O)CCCCCNC)C(=O)N(C)[C@H](C[C@@H](OC(C)=O)c1nc(C(=O)N[C@H](C)Cc2ccccc2)cs1)C(C)C. The van der Waals surface area contributed by atoms with Gasteiger partial charge < -0.3 is 25.6 Å². The van der Waals surface area contributed by atoms with Gasteiger partial charge in [0.05, 0.1) is 0 Å². The Balaban J connectivity index is 2.17. The fourth-order valence-electron chi connectivity index (χ4n) is 5.43. The number of hydrogen-bond acceptors (Lipinski definition) is 8. The number of carbonyl (C=O) groups is 4. The van der Waals surface area contributed by atoms with Crippen LogP contribution in [0, 0.1) is 11.8 Å². The summed E-state index contributed by atoms with van der Waals surface area (Å²) in [6.45, 7) is 12.2. The summed E-state index contributed by atoms with van der Waals surface area (Å²) in [5.41, 5.74) is 1.38. The molecule has 0 aliphatic rings. The van der Waals surface area contributed by atoms with E-state index in [1.54, 1.807) is 17.3 Å². The van der Waals surface area contributed by atoms with Crippen molar-refractivity contribution in [2.24, 2.45) is 11.8 Å². The Kier molecular flexibility index (Phi) is 16.9. The molecular weight excluding hydrogens is 602 g/mol. The average molecular weight is 658 g/mol. The van der Waals surface area contributed by atoms with Gasteiger partial charge in [-0.2, -0.15) is 0 Å². The second-order valence-corrected chi connectivity index (χ2v) is 13.5. The van der Waals surface area contributed by atoms with E-state index in [0.717, 1.165) is 37.8 Å². The van der Waals surface area contributed by atoms with E-state index in [1.807, 2.05) is 72.0 Å². The standard InChI is InChI=1S/C35H55N5O5S/c1-9-24(4)32(39-31(42)18-14-11-15-19-36-7)35(44)40(8)29(23(2)3)21-30(45-26(6)41)34-38-28(22-46-34)33(43)37-25(5)20-27-16-12-10-13-17-27/h10,12-13,16-17,22-25,29-30,32,36H,9,11,14-15,18-21H2,1-8H3,(H,37,43)(H,39,42)/t24-,25+,29+,30+,32-/m0/s1. The van der Waals surface area contributed by atoms with Crippen LogP contribution in [0.2, 0.25) is 0 Å². The molecule has 3 N–H and O–H groups in total. The van der Waals surface area contributed by atoms with Crippen molar-refractivity contribution in [1.29, 1.82) is 0 Å². The first kappa shape index (κ1) is 38.9. The molecule has 3 amide bonds. The lowest BCUT2D eigenvalue weighted by Crippen LogP contribution is -2.54. The van der Waals surface area contributed by atoms with Crippen LogP contribution in [0.15, 0.2) is 35.7 Å². The van der Waals surface area contributed by atoms with Crippen molar-refractivity contribution >= 4 is 35.0 Å². The molecule has 2 aromatic rings. The summed E-state index contributed by atoms with van der Waals surface area (Å²) in [6.07, 6.45) is 4.04. The highest BCUT2D eigenvalue weighted by molar-refractivity contribution is 7.09.